The first-order chi connectivity index (χ1) is 18.2. The van der Waals surface area contributed by atoms with Gasteiger partial charge in [-0.25, -0.2) is 9.69 Å². The maximum atomic E-state index is 13.1. The summed E-state index contributed by atoms with van der Waals surface area (Å²) in [5.41, 5.74) is 0.642. The minimum absolute atomic E-state index is 0.0519. The topological polar surface area (TPSA) is 114 Å². The molecular formula is C26H18Cl3N3O6. The number of carbonyl (C=O) groups excluding carboxylic acids is 4. The molecule has 38 heavy (non-hydrogen) atoms. The zero-order valence-electron chi connectivity index (χ0n) is 19.6. The first kappa shape index (κ1) is 27.0. The number of amides is 5. The minimum atomic E-state index is -0.895. The van der Waals surface area contributed by atoms with Crippen molar-refractivity contribution in [1.29, 1.82) is 0 Å². The second-order valence-corrected chi connectivity index (χ2v) is 9.04. The Hall–Kier alpha value is -4.05. The number of nitrogens with zero attached hydrogens (tertiary/aromatic N) is 1. The fourth-order valence-electron chi connectivity index (χ4n) is 3.50. The molecular weight excluding hydrogens is 557 g/mol. The van der Waals surface area contributed by atoms with Crippen molar-refractivity contribution in [2.24, 2.45) is 0 Å². The minimum Gasteiger partial charge on any atom is -0.493 e. The van der Waals surface area contributed by atoms with E-state index in [1.165, 1.54) is 49.6 Å². The molecule has 0 atom stereocenters. The van der Waals surface area contributed by atoms with Crippen molar-refractivity contribution in [2.75, 3.05) is 23.9 Å². The largest absolute Gasteiger partial charge is 0.493 e. The predicted molar refractivity (Wildman–Crippen MR) is 144 cm³/mol. The Labute approximate surface area is 231 Å². The Morgan fingerprint density at radius 3 is 2.39 bits per heavy atom. The molecule has 3 aromatic rings. The molecule has 0 unspecified atom stereocenters. The lowest BCUT2D eigenvalue weighted by atomic mass is 10.1. The van der Waals surface area contributed by atoms with Crippen LogP contribution in [0.2, 0.25) is 15.1 Å². The number of barbiturate groups is 1. The van der Waals surface area contributed by atoms with Crippen LogP contribution in [0, 0.1) is 0 Å². The van der Waals surface area contributed by atoms with Crippen molar-refractivity contribution in [1.82, 2.24) is 5.32 Å². The third-order valence-electron chi connectivity index (χ3n) is 5.24. The van der Waals surface area contributed by atoms with Crippen LogP contribution in [0.25, 0.3) is 6.08 Å². The maximum Gasteiger partial charge on any atom is 0.335 e. The highest BCUT2D eigenvalue weighted by Crippen LogP contribution is 2.37. The van der Waals surface area contributed by atoms with E-state index < -0.39 is 30.4 Å². The molecule has 0 bridgehead atoms. The second kappa shape index (κ2) is 11.6. The number of ether oxygens (including phenoxy) is 2. The third kappa shape index (κ3) is 5.91. The lowest BCUT2D eigenvalue weighted by molar-refractivity contribution is -0.122. The zero-order valence-corrected chi connectivity index (χ0v) is 21.9. The van der Waals surface area contributed by atoms with Crippen molar-refractivity contribution in [3.63, 3.8) is 0 Å². The Morgan fingerprint density at radius 1 is 1.00 bits per heavy atom. The summed E-state index contributed by atoms with van der Waals surface area (Å²) in [4.78, 5) is 51.1. The van der Waals surface area contributed by atoms with Crippen LogP contribution < -0.4 is 25.0 Å². The van der Waals surface area contributed by atoms with Gasteiger partial charge in [-0.1, -0.05) is 46.9 Å². The van der Waals surface area contributed by atoms with Crippen LogP contribution in [0.3, 0.4) is 0 Å². The van der Waals surface area contributed by atoms with E-state index in [9.17, 15) is 19.2 Å². The molecule has 0 saturated carbocycles. The van der Waals surface area contributed by atoms with Gasteiger partial charge >= 0.3 is 6.03 Å². The summed E-state index contributed by atoms with van der Waals surface area (Å²) >= 11 is 18.3. The highest BCUT2D eigenvalue weighted by atomic mass is 35.5. The molecule has 1 aliphatic rings. The SMILES string of the molecule is COc1cc(/C=C2/C(=O)NC(=O)N(c3ccc(Cl)cc3)C2=O)cc(Cl)c1OCC(=O)Nc1ccccc1Cl. The second-order valence-electron chi connectivity index (χ2n) is 7.79. The van der Waals surface area contributed by atoms with Gasteiger partial charge in [0, 0.05) is 5.02 Å². The monoisotopic (exact) mass is 573 g/mol. The number of para-hydroxylation sites is 1. The lowest BCUT2D eigenvalue weighted by Crippen LogP contribution is -2.54. The van der Waals surface area contributed by atoms with Crippen molar-refractivity contribution < 1.29 is 28.7 Å². The van der Waals surface area contributed by atoms with E-state index in [1.807, 2.05) is 0 Å². The number of anilines is 2. The highest BCUT2D eigenvalue weighted by Gasteiger charge is 2.36. The number of benzene rings is 3. The number of hydrogen-bond donors (Lipinski definition) is 2. The molecule has 12 heteroatoms. The molecule has 5 amide bonds. The first-order valence-corrected chi connectivity index (χ1v) is 12.0. The molecule has 2 N–H and O–H groups in total. The summed E-state index contributed by atoms with van der Waals surface area (Å²) in [5, 5.41) is 5.60. The van der Waals surface area contributed by atoms with Crippen LogP contribution in [-0.2, 0) is 14.4 Å². The number of carbonyl (C=O) groups is 4. The molecule has 194 valence electrons. The van der Waals surface area contributed by atoms with Crippen molar-refractivity contribution in [3.8, 4) is 11.5 Å². The van der Waals surface area contributed by atoms with Crippen LogP contribution >= 0.6 is 34.8 Å². The molecule has 0 spiro atoms. The Morgan fingerprint density at radius 2 is 1.71 bits per heavy atom. The Balaban J connectivity index is 1.56. The van der Waals surface area contributed by atoms with Crippen LogP contribution in [-0.4, -0.2) is 37.5 Å². The molecule has 1 fully saturated rings. The van der Waals surface area contributed by atoms with Crippen LogP contribution in [0.15, 0.2) is 66.2 Å². The van der Waals surface area contributed by atoms with Gasteiger partial charge in [0.1, 0.15) is 5.57 Å². The fourth-order valence-corrected chi connectivity index (χ4v) is 4.08. The average Bonchev–Trinajstić information content (AvgIpc) is 2.88. The summed E-state index contributed by atoms with van der Waals surface area (Å²) in [5.74, 6) is -1.99. The Bertz CT molecular complexity index is 1470. The van der Waals surface area contributed by atoms with Gasteiger partial charge in [-0.15, -0.1) is 0 Å². The summed E-state index contributed by atoms with van der Waals surface area (Å²) in [6.45, 7) is -0.402. The van der Waals surface area contributed by atoms with Crippen LogP contribution in [0.4, 0.5) is 16.2 Å². The van der Waals surface area contributed by atoms with E-state index in [4.69, 9.17) is 44.3 Å². The molecule has 0 aliphatic carbocycles. The van der Waals surface area contributed by atoms with Gasteiger partial charge in [0.25, 0.3) is 17.7 Å². The van der Waals surface area contributed by atoms with E-state index in [-0.39, 0.29) is 27.8 Å². The van der Waals surface area contributed by atoms with E-state index in [2.05, 4.69) is 10.6 Å². The van der Waals surface area contributed by atoms with E-state index in [0.717, 1.165) is 4.90 Å². The number of rotatable bonds is 7. The van der Waals surface area contributed by atoms with Gasteiger partial charge in [0.05, 0.1) is 28.5 Å². The number of methoxy groups -OCH3 is 1. The average molecular weight is 575 g/mol. The molecule has 0 radical (unpaired) electrons. The number of halogens is 3. The highest BCUT2D eigenvalue weighted by molar-refractivity contribution is 6.39. The standard InChI is InChI=1S/C26H18Cl3N3O6/c1-37-21-12-14(11-19(29)23(21)38-13-22(33)30-20-5-3-2-4-18(20)28)10-17-24(34)31-26(36)32(25(17)35)16-8-6-15(27)7-9-16/h2-12H,13H2,1H3,(H,30,33)(H,31,34,36)/b17-10-. The summed E-state index contributed by atoms with van der Waals surface area (Å²) in [6.07, 6.45) is 1.26. The summed E-state index contributed by atoms with van der Waals surface area (Å²) in [7, 11) is 1.36. The van der Waals surface area contributed by atoms with Crippen molar-refractivity contribution >= 4 is 76.0 Å². The van der Waals surface area contributed by atoms with E-state index >= 15 is 0 Å². The van der Waals surface area contributed by atoms with Gasteiger partial charge in [-0.05, 0) is 60.2 Å². The number of imide groups is 2. The maximum absolute atomic E-state index is 13.1. The predicted octanol–water partition coefficient (Wildman–Crippen LogP) is 5.34. The quantitative estimate of drug-likeness (QED) is 0.291. The van der Waals surface area contributed by atoms with Crippen LogP contribution in [0.1, 0.15) is 5.56 Å². The molecule has 4 rings (SSSR count). The molecule has 9 nitrogen and oxygen atoms in total. The van der Waals surface area contributed by atoms with Crippen molar-refractivity contribution in [3.05, 3.63) is 86.9 Å². The summed E-state index contributed by atoms with van der Waals surface area (Å²) < 4.78 is 10.9. The fraction of sp³-hybridized carbons (Fsp3) is 0.0769. The van der Waals surface area contributed by atoms with Gasteiger partial charge in [0.15, 0.2) is 18.1 Å². The molecule has 1 saturated heterocycles. The first-order valence-electron chi connectivity index (χ1n) is 10.9. The van der Waals surface area contributed by atoms with E-state index in [1.54, 1.807) is 24.3 Å². The number of hydrogen-bond acceptors (Lipinski definition) is 6. The smallest absolute Gasteiger partial charge is 0.335 e. The molecule has 1 aliphatic heterocycles. The third-order valence-corrected chi connectivity index (χ3v) is 6.11. The van der Waals surface area contributed by atoms with Crippen LogP contribution in [0.5, 0.6) is 11.5 Å². The van der Waals surface area contributed by atoms with Crippen molar-refractivity contribution in [2.45, 2.75) is 0 Å². The van der Waals surface area contributed by atoms with Gasteiger partial charge in [0.2, 0.25) is 0 Å². The number of nitrogens with one attached hydrogen (secondary N) is 2. The van der Waals surface area contributed by atoms with Gasteiger partial charge in [-0.2, -0.15) is 0 Å². The summed E-state index contributed by atoms with van der Waals surface area (Å²) in [6, 6.07) is 14.7. The lowest BCUT2D eigenvalue weighted by Gasteiger charge is -2.26. The number of urea groups is 1. The zero-order chi connectivity index (χ0) is 27.4. The van der Waals surface area contributed by atoms with E-state index in [0.29, 0.717) is 21.3 Å². The molecule has 1 heterocycles. The molecule has 0 aromatic heterocycles. The van der Waals surface area contributed by atoms with Gasteiger partial charge in [-0.3, -0.25) is 19.7 Å². The normalized spacial score (nSPS) is 14.4. The molecule has 3 aromatic carbocycles. The van der Waals surface area contributed by atoms with Gasteiger partial charge < -0.3 is 14.8 Å². The Kier molecular flexibility index (Phi) is 8.21.